The molecule has 1 amide bonds. The molecular formula is C24H27F3N6O. The van der Waals surface area contributed by atoms with E-state index in [0.717, 1.165) is 30.7 Å². The maximum Gasteiger partial charge on any atom is 0.417 e. The first-order valence-corrected chi connectivity index (χ1v) is 11.2. The van der Waals surface area contributed by atoms with Gasteiger partial charge in [-0.3, -0.25) is 4.79 Å². The van der Waals surface area contributed by atoms with E-state index in [-0.39, 0.29) is 17.9 Å². The number of carbonyl (C=O) groups excluding carboxylic acids is 1. The molecule has 3 aromatic rings. The van der Waals surface area contributed by atoms with Gasteiger partial charge in [0.1, 0.15) is 18.0 Å². The summed E-state index contributed by atoms with van der Waals surface area (Å²) < 4.78 is 40.1. The van der Waals surface area contributed by atoms with Gasteiger partial charge < -0.3 is 10.2 Å². The van der Waals surface area contributed by atoms with Gasteiger partial charge in [0.2, 0.25) is 0 Å². The fraction of sp³-hybridized carbons (Fsp3) is 0.417. The Bertz CT molecular complexity index is 1160. The standard InChI is InChI=1S/C24H27F3N6O/c1-15-6-8-20(33-17(3)30-14-31-33)19(11-15)23(34)32-10-4-5-16(2)21(32)13-29-22-9-7-18(12-28-22)24(25,26)27/h6-9,11-12,14,16,21H,4-5,10,13H2,1-3H3,(H,28,29)/t16-,21-/m1/s1. The molecule has 1 aliphatic heterocycles. The zero-order chi connectivity index (χ0) is 24.5. The van der Waals surface area contributed by atoms with Gasteiger partial charge >= 0.3 is 6.18 Å². The third-order valence-electron chi connectivity index (χ3n) is 6.29. The Balaban J connectivity index is 1.58. The van der Waals surface area contributed by atoms with E-state index >= 15 is 0 Å². The first-order valence-electron chi connectivity index (χ1n) is 11.2. The summed E-state index contributed by atoms with van der Waals surface area (Å²) in [7, 11) is 0. The van der Waals surface area contributed by atoms with E-state index in [1.807, 2.05) is 36.9 Å². The lowest BCUT2D eigenvalue weighted by Gasteiger charge is -2.40. The van der Waals surface area contributed by atoms with Crippen LogP contribution in [0.1, 0.15) is 47.1 Å². The van der Waals surface area contributed by atoms with Crippen molar-refractivity contribution >= 4 is 11.7 Å². The van der Waals surface area contributed by atoms with Gasteiger partial charge in [-0.1, -0.05) is 18.6 Å². The second-order valence-electron chi connectivity index (χ2n) is 8.74. The zero-order valence-corrected chi connectivity index (χ0v) is 19.3. The molecule has 0 saturated carbocycles. The Morgan fingerprint density at radius 3 is 2.62 bits per heavy atom. The van der Waals surface area contributed by atoms with Crippen LogP contribution in [0.2, 0.25) is 0 Å². The topological polar surface area (TPSA) is 75.9 Å². The summed E-state index contributed by atoms with van der Waals surface area (Å²) in [6.45, 7) is 6.83. The number of hydrogen-bond acceptors (Lipinski definition) is 5. The summed E-state index contributed by atoms with van der Waals surface area (Å²) in [5.41, 5.74) is 1.37. The quantitative estimate of drug-likeness (QED) is 0.585. The average Bonchev–Trinajstić information content (AvgIpc) is 3.23. The minimum Gasteiger partial charge on any atom is -0.368 e. The highest BCUT2D eigenvalue weighted by atomic mass is 19.4. The second-order valence-corrected chi connectivity index (χ2v) is 8.74. The van der Waals surface area contributed by atoms with E-state index in [1.165, 1.54) is 12.4 Å². The molecule has 10 heteroatoms. The average molecular weight is 473 g/mol. The molecule has 4 rings (SSSR count). The van der Waals surface area contributed by atoms with Crippen molar-refractivity contribution in [3.8, 4) is 5.69 Å². The summed E-state index contributed by atoms with van der Waals surface area (Å²) >= 11 is 0. The molecule has 1 aromatic carbocycles. The Labute approximate surface area is 196 Å². The Morgan fingerprint density at radius 2 is 1.97 bits per heavy atom. The monoisotopic (exact) mass is 472 g/mol. The van der Waals surface area contributed by atoms with Crippen LogP contribution in [-0.2, 0) is 6.18 Å². The first-order chi connectivity index (χ1) is 16.1. The summed E-state index contributed by atoms with van der Waals surface area (Å²) in [6.07, 6.45) is -0.323. The smallest absolute Gasteiger partial charge is 0.368 e. The van der Waals surface area contributed by atoms with Crippen LogP contribution in [0.25, 0.3) is 5.69 Å². The van der Waals surface area contributed by atoms with Crippen LogP contribution in [0, 0.1) is 19.8 Å². The molecule has 34 heavy (non-hydrogen) atoms. The molecule has 180 valence electrons. The molecule has 2 aromatic heterocycles. The lowest BCUT2D eigenvalue weighted by molar-refractivity contribution is -0.137. The van der Waals surface area contributed by atoms with Crippen LogP contribution in [-0.4, -0.2) is 49.7 Å². The van der Waals surface area contributed by atoms with Gasteiger partial charge in [-0.25, -0.2) is 14.6 Å². The molecule has 7 nitrogen and oxygen atoms in total. The SMILES string of the molecule is Cc1ccc(-n2ncnc2C)c(C(=O)N2CCC[C@@H](C)[C@H]2CNc2ccc(C(F)(F)F)cn2)c1. The van der Waals surface area contributed by atoms with Gasteiger partial charge in [-0.2, -0.15) is 18.3 Å². The highest BCUT2D eigenvalue weighted by molar-refractivity contribution is 5.98. The van der Waals surface area contributed by atoms with Crippen LogP contribution in [0.5, 0.6) is 0 Å². The number of amides is 1. The fourth-order valence-corrected chi connectivity index (χ4v) is 4.38. The second kappa shape index (κ2) is 9.44. The van der Waals surface area contributed by atoms with Crippen LogP contribution in [0.3, 0.4) is 0 Å². The summed E-state index contributed by atoms with van der Waals surface area (Å²) in [6, 6.07) is 7.84. The molecule has 1 saturated heterocycles. The normalized spacial score (nSPS) is 18.7. The molecule has 0 radical (unpaired) electrons. The van der Waals surface area contributed by atoms with E-state index in [0.29, 0.717) is 36.0 Å². The maximum atomic E-state index is 13.8. The van der Waals surface area contributed by atoms with Gasteiger partial charge in [0.25, 0.3) is 5.91 Å². The van der Waals surface area contributed by atoms with E-state index in [1.54, 1.807) is 4.68 Å². The predicted molar refractivity (Wildman–Crippen MR) is 122 cm³/mol. The van der Waals surface area contributed by atoms with Crippen LogP contribution in [0.15, 0.2) is 42.9 Å². The van der Waals surface area contributed by atoms with Crippen molar-refractivity contribution in [3.05, 3.63) is 65.4 Å². The Morgan fingerprint density at radius 1 is 1.18 bits per heavy atom. The number of aryl methyl sites for hydroxylation is 2. The number of pyridine rings is 1. The van der Waals surface area contributed by atoms with Crippen molar-refractivity contribution in [3.63, 3.8) is 0 Å². The Hall–Kier alpha value is -3.43. The number of halogens is 3. The Kier molecular flexibility index (Phi) is 6.58. The van der Waals surface area contributed by atoms with Crippen molar-refractivity contribution in [2.75, 3.05) is 18.4 Å². The largest absolute Gasteiger partial charge is 0.417 e. The first kappa shape index (κ1) is 23.7. The molecule has 3 heterocycles. The van der Waals surface area contributed by atoms with Gasteiger partial charge in [0, 0.05) is 19.3 Å². The molecule has 0 bridgehead atoms. The van der Waals surface area contributed by atoms with Crippen LogP contribution in [0.4, 0.5) is 19.0 Å². The number of piperidine rings is 1. The maximum absolute atomic E-state index is 13.8. The molecule has 1 fully saturated rings. The number of carbonyl (C=O) groups is 1. The fourth-order valence-electron chi connectivity index (χ4n) is 4.38. The van der Waals surface area contributed by atoms with Crippen LogP contribution < -0.4 is 5.32 Å². The molecule has 2 atom stereocenters. The van der Waals surface area contributed by atoms with Gasteiger partial charge in [0.15, 0.2) is 0 Å². The number of hydrogen-bond donors (Lipinski definition) is 1. The highest BCUT2D eigenvalue weighted by Crippen LogP contribution is 2.30. The summed E-state index contributed by atoms with van der Waals surface area (Å²) in [5.74, 6) is 1.12. The highest BCUT2D eigenvalue weighted by Gasteiger charge is 2.34. The molecule has 1 N–H and O–H groups in total. The summed E-state index contributed by atoms with van der Waals surface area (Å²) in [4.78, 5) is 23.7. The molecular weight excluding hydrogens is 445 g/mol. The third kappa shape index (κ3) is 4.90. The van der Waals surface area contributed by atoms with E-state index in [9.17, 15) is 18.0 Å². The van der Waals surface area contributed by atoms with Gasteiger partial charge in [0.05, 0.1) is 22.9 Å². The predicted octanol–water partition coefficient (Wildman–Crippen LogP) is 4.65. The number of alkyl halides is 3. The molecule has 0 unspecified atom stereocenters. The minimum atomic E-state index is -4.43. The minimum absolute atomic E-state index is 0.104. The van der Waals surface area contributed by atoms with Gasteiger partial charge in [-0.05, 0) is 56.9 Å². The van der Waals surface area contributed by atoms with E-state index in [2.05, 4.69) is 27.3 Å². The van der Waals surface area contributed by atoms with Crippen molar-refractivity contribution in [1.82, 2.24) is 24.6 Å². The van der Waals surface area contributed by atoms with Crippen molar-refractivity contribution in [1.29, 1.82) is 0 Å². The molecule has 1 aliphatic rings. The number of likely N-dealkylation sites (tertiary alicyclic amines) is 1. The van der Waals surface area contributed by atoms with Crippen molar-refractivity contribution in [2.45, 2.75) is 45.8 Å². The number of benzene rings is 1. The van der Waals surface area contributed by atoms with Crippen molar-refractivity contribution in [2.24, 2.45) is 5.92 Å². The lowest BCUT2D eigenvalue weighted by Crippen LogP contribution is -2.51. The zero-order valence-electron chi connectivity index (χ0n) is 19.3. The van der Waals surface area contributed by atoms with E-state index < -0.39 is 11.7 Å². The number of anilines is 1. The molecule has 0 aliphatic carbocycles. The number of nitrogens with zero attached hydrogens (tertiary/aromatic N) is 5. The van der Waals surface area contributed by atoms with Crippen LogP contribution >= 0.6 is 0 Å². The lowest BCUT2D eigenvalue weighted by atomic mass is 9.89. The third-order valence-corrected chi connectivity index (χ3v) is 6.29. The van der Waals surface area contributed by atoms with E-state index in [4.69, 9.17) is 0 Å². The number of aromatic nitrogens is 4. The van der Waals surface area contributed by atoms with Gasteiger partial charge in [-0.15, -0.1) is 0 Å². The number of rotatable bonds is 5. The number of nitrogens with one attached hydrogen (secondary N) is 1. The van der Waals surface area contributed by atoms with Crippen molar-refractivity contribution < 1.29 is 18.0 Å². The summed E-state index contributed by atoms with van der Waals surface area (Å²) in [5, 5.41) is 7.39. The molecule has 0 spiro atoms.